The smallest absolute Gasteiger partial charge is 0.407 e. The standard InChI is InChI=1S/C47H56N6O9S/c54-43(14-6-5-13-42-44-40(32-63-42)50-46(56)51-44)48-21-7-23-58-25-27-60-28-26-59-24-8-22-49-47(57)61-31-33-15-17-35(18-16-33)39-29-37(62-52-39)30-53-41-12-4-2-10-36(41)20-19-34-9-1-3-11-38(34)45(53)55/h1-4,9-12,15-18,37,40,42,44H,5-8,13-14,21-32H2,(H,48,54)(H,49,57)(H2,50,51,56)/t37?,40-,42-,44-/m0/s1. The first-order valence-electron chi connectivity index (χ1n) is 21.8. The molecule has 4 aliphatic rings. The van der Waals surface area contributed by atoms with E-state index in [1.54, 1.807) is 11.0 Å². The molecule has 15 nitrogen and oxygen atoms in total. The molecule has 3 aromatic rings. The number of oxime groups is 1. The molecule has 0 saturated carbocycles. The van der Waals surface area contributed by atoms with Crippen molar-refractivity contribution in [2.45, 2.75) is 75.0 Å². The van der Waals surface area contributed by atoms with Crippen LogP contribution in [0.4, 0.5) is 15.3 Å². The number of urea groups is 1. The number of nitrogens with one attached hydrogen (secondary N) is 4. The molecule has 2 fully saturated rings. The average molecular weight is 881 g/mol. The maximum atomic E-state index is 13.8. The number of benzene rings is 3. The molecule has 5 amide bonds. The number of para-hydroxylation sites is 1. The van der Waals surface area contributed by atoms with Crippen LogP contribution in [-0.4, -0.2) is 118 Å². The van der Waals surface area contributed by atoms with E-state index in [1.807, 2.05) is 78.5 Å². The predicted molar refractivity (Wildman–Crippen MR) is 240 cm³/mol. The normalized spacial score (nSPS) is 19.5. The van der Waals surface area contributed by atoms with Crippen LogP contribution < -0.4 is 26.2 Å². The average Bonchev–Trinajstić information content (AvgIpc) is 4.03. The van der Waals surface area contributed by atoms with E-state index in [0.717, 1.165) is 59.5 Å². The number of unbranched alkanes of at least 4 members (excludes halogenated alkanes) is 1. The van der Waals surface area contributed by atoms with Crippen LogP contribution in [0, 0.1) is 11.8 Å². The van der Waals surface area contributed by atoms with Crippen molar-refractivity contribution in [3.63, 3.8) is 0 Å². The zero-order chi connectivity index (χ0) is 43.6. The Morgan fingerprint density at radius 1 is 0.810 bits per heavy atom. The molecular formula is C47H56N6O9S. The lowest BCUT2D eigenvalue weighted by molar-refractivity contribution is -0.121. The topological polar surface area (TPSA) is 178 Å². The Hall–Kier alpha value is -5.60. The zero-order valence-corrected chi connectivity index (χ0v) is 36.3. The minimum Gasteiger partial charge on any atom is -0.445 e. The lowest BCUT2D eigenvalue weighted by Crippen LogP contribution is -2.39. The quantitative estimate of drug-likeness (QED) is 0.0536. The molecule has 0 aromatic heterocycles. The Bertz CT molecular complexity index is 2130. The number of thioether (sulfide) groups is 1. The second kappa shape index (κ2) is 23.7. The number of fused-ring (bicyclic) bond motifs is 3. The zero-order valence-electron chi connectivity index (χ0n) is 35.4. The number of alkyl carbamates (subject to hydrolysis) is 1. The molecule has 2 saturated heterocycles. The number of nitrogens with zero attached hydrogens (tertiary/aromatic N) is 2. The summed E-state index contributed by atoms with van der Waals surface area (Å²) in [5.41, 5.74) is 5.28. The summed E-state index contributed by atoms with van der Waals surface area (Å²) in [6.45, 7) is 4.28. The molecule has 334 valence electrons. The summed E-state index contributed by atoms with van der Waals surface area (Å²) in [6.07, 6.45) is 4.40. The third-order valence-electron chi connectivity index (χ3n) is 11.1. The van der Waals surface area contributed by atoms with E-state index in [2.05, 4.69) is 38.3 Å². The molecular weight excluding hydrogens is 825 g/mol. The molecule has 0 radical (unpaired) electrons. The third kappa shape index (κ3) is 13.4. The summed E-state index contributed by atoms with van der Waals surface area (Å²) in [7, 11) is 0. The lowest BCUT2D eigenvalue weighted by Gasteiger charge is -2.27. The van der Waals surface area contributed by atoms with E-state index >= 15 is 0 Å². The molecule has 4 heterocycles. The van der Waals surface area contributed by atoms with Crippen LogP contribution in [-0.2, 0) is 35.2 Å². The Morgan fingerprint density at radius 2 is 1.51 bits per heavy atom. The first-order chi connectivity index (χ1) is 30.9. The largest absolute Gasteiger partial charge is 0.445 e. The van der Waals surface area contributed by atoms with Gasteiger partial charge >= 0.3 is 12.1 Å². The van der Waals surface area contributed by atoms with E-state index in [1.165, 1.54) is 0 Å². The van der Waals surface area contributed by atoms with E-state index < -0.39 is 6.09 Å². The van der Waals surface area contributed by atoms with Crippen molar-refractivity contribution >= 4 is 47.1 Å². The van der Waals surface area contributed by atoms with Gasteiger partial charge in [0.15, 0.2) is 6.10 Å². The Morgan fingerprint density at radius 3 is 2.30 bits per heavy atom. The number of anilines is 1. The molecule has 4 atom stereocenters. The summed E-state index contributed by atoms with van der Waals surface area (Å²) >= 11 is 1.90. The van der Waals surface area contributed by atoms with Crippen molar-refractivity contribution in [1.29, 1.82) is 0 Å². The first kappa shape index (κ1) is 45.4. The molecule has 0 bridgehead atoms. The van der Waals surface area contributed by atoms with Crippen molar-refractivity contribution in [2.75, 3.05) is 69.9 Å². The molecule has 63 heavy (non-hydrogen) atoms. The van der Waals surface area contributed by atoms with Crippen LogP contribution in [0.2, 0.25) is 0 Å². The van der Waals surface area contributed by atoms with Gasteiger partial charge in [0.1, 0.15) is 6.61 Å². The molecule has 0 spiro atoms. The predicted octanol–water partition coefficient (Wildman–Crippen LogP) is 5.14. The highest BCUT2D eigenvalue weighted by Crippen LogP contribution is 2.33. The summed E-state index contributed by atoms with van der Waals surface area (Å²) in [6, 6.07) is 23.0. The molecule has 3 aromatic carbocycles. The van der Waals surface area contributed by atoms with Crippen LogP contribution in [0.25, 0.3) is 0 Å². The van der Waals surface area contributed by atoms with Gasteiger partial charge < -0.3 is 50.0 Å². The van der Waals surface area contributed by atoms with E-state index in [9.17, 15) is 19.2 Å². The van der Waals surface area contributed by atoms with Gasteiger partial charge in [-0.25, -0.2) is 9.59 Å². The third-order valence-corrected chi connectivity index (χ3v) is 12.6. The molecule has 4 aliphatic heterocycles. The second-order valence-corrected chi connectivity index (χ2v) is 16.9. The van der Waals surface area contributed by atoms with Gasteiger partial charge in [-0.3, -0.25) is 9.59 Å². The number of hydrogen-bond acceptors (Lipinski definition) is 11. The van der Waals surface area contributed by atoms with Crippen molar-refractivity contribution in [2.24, 2.45) is 5.16 Å². The molecule has 16 heteroatoms. The van der Waals surface area contributed by atoms with Crippen molar-refractivity contribution in [1.82, 2.24) is 21.3 Å². The summed E-state index contributed by atoms with van der Waals surface area (Å²) in [5.74, 6) is 7.26. The monoisotopic (exact) mass is 880 g/mol. The van der Waals surface area contributed by atoms with Crippen molar-refractivity contribution in [3.8, 4) is 11.8 Å². The van der Waals surface area contributed by atoms with Gasteiger partial charge in [0.05, 0.1) is 62.0 Å². The summed E-state index contributed by atoms with van der Waals surface area (Å²) in [5, 5.41) is 16.4. The molecule has 4 N–H and O–H groups in total. The van der Waals surface area contributed by atoms with Crippen LogP contribution in [0.1, 0.15) is 77.6 Å². The second-order valence-electron chi connectivity index (χ2n) is 15.7. The number of rotatable bonds is 24. The highest BCUT2D eigenvalue weighted by molar-refractivity contribution is 8.00. The fourth-order valence-corrected chi connectivity index (χ4v) is 9.27. The van der Waals surface area contributed by atoms with E-state index in [-0.39, 0.29) is 42.6 Å². The first-order valence-corrected chi connectivity index (χ1v) is 22.9. The maximum Gasteiger partial charge on any atom is 0.407 e. The Balaban J connectivity index is 0.661. The van der Waals surface area contributed by atoms with E-state index in [4.69, 9.17) is 23.8 Å². The highest BCUT2D eigenvalue weighted by atomic mass is 32.2. The van der Waals surface area contributed by atoms with Gasteiger partial charge in [-0.05, 0) is 61.1 Å². The number of carbonyl (C=O) groups excluding carboxylic acids is 4. The fraction of sp³-hybridized carbons (Fsp3) is 0.468. The van der Waals surface area contributed by atoms with Crippen molar-refractivity contribution in [3.05, 3.63) is 101 Å². The number of amides is 5. The fourth-order valence-electron chi connectivity index (χ4n) is 7.73. The lowest BCUT2D eigenvalue weighted by atomic mass is 10.0. The van der Waals surface area contributed by atoms with Gasteiger partial charge in [0, 0.05) is 61.3 Å². The van der Waals surface area contributed by atoms with Gasteiger partial charge in [0.25, 0.3) is 5.91 Å². The number of ether oxygens (including phenoxy) is 4. The van der Waals surface area contributed by atoms with Gasteiger partial charge in [-0.15, -0.1) is 0 Å². The molecule has 1 unspecified atom stereocenters. The SMILES string of the molecule is O=C(CCCC[C@@H]1SC[C@@H]2NC(=O)N[C@@H]21)NCCCOCCOCCOCCCNC(=O)OCc1ccc(C2=NOC(CN3C(=O)c4ccccc4C#Cc4ccccc43)C2)cc1. The highest BCUT2D eigenvalue weighted by Gasteiger charge is 2.42. The maximum absolute atomic E-state index is 13.8. The van der Waals surface area contributed by atoms with E-state index in [0.29, 0.717) is 94.9 Å². The Kier molecular flexibility index (Phi) is 17.1. The summed E-state index contributed by atoms with van der Waals surface area (Å²) in [4.78, 5) is 57.3. The molecule has 7 rings (SSSR count). The van der Waals surface area contributed by atoms with Gasteiger partial charge in [0.2, 0.25) is 5.91 Å². The van der Waals surface area contributed by atoms with Crippen LogP contribution >= 0.6 is 11.8 Å². The minimum atomic E-state index is -0.502. The number of hydrogen-bond donors (Lipinski definition) is 4. The minimum absolute atomic E-state index is 0.0647. The van der Waals surface area contributed by atoms with Gasteiger partial charge in [-0.1, -0.05) is 71.9 Å². The van der Waals surface area contributed by atoms with Crippen LogP contribution in [0.5, 0.6) is 0 Å². The Labute approximate surface area is 372 Å². The number of carbonyl (C=O) groups is 4. The van der Waals surface area contributed by atoms with Crippen LogP contribution in [0.3, 0.4) is 0 Å². The van der Waals surface area contributed by atoms with Gasteiger partial charge in [-0.2, -0.15) is 11.8 Å². The summed E-state index contributed by atoms with van der Waals surface area (Å²) < 4.78 is 22.1. The molecule has 0 aliphatic carbocycles. The van der Waals surface area contributed by atoms with Crippen molar-refractivity contribution < 1.29 is 43.0 Å². The van der Waals surface area contributed by atoms with Crippen LogP contribution in [0.15, 0.2) is 78.0 Å².